The summed E-state index contributed by atoms with van der Waals surface area (Å²) >= 11 is 1.88. The highest BCUT2D eigenvalue weighted by Crippen LogP contribution is 2.37. The van der Waals surface area contributed by atoms with E-state index >= 15 is 0 Å². The van der Waals surface area contributed by atoms with Crippen LogP contribution in [0.1, 0.15) is 24.0 Å². The van der Waals surface area contributed by atoms with Crippen molar-refractivity contribution in [2.75, 3.05) is 24.2 Å². The van der Waals surface area contributed by atoms with Gasteiger partial charge in [0.15, 0.2) is 0 Å². The fourth-order valence-electron chi connectivity index (χ4n) is 2.89. The van der Waals surface area contributed by atoms with Crippen LogP contribution in [0.4, 0.5) is 5.69 Å². The van der Waals surface area contributed by atoms with Crippen LogP contribution in [-0.4, -0.2) is 19.3 Å². The van der Waals surface area contributed by atoms with Gasteiger partial charge in [0.2, 0.25) is 0 Å². The third-order valence-electron chi connectivity index (χ3n) is 3.54. The van der Waals surface area contributed by atoms with Gasteiger partial charge in [-0.2, -0.15) is 0 Å². The lowest BCUT2D eigenvalue weighted by molar-refractivity contribution is 0.632. The Morgan fingerprint density at radius 1 is 1.07 bits per heavy atom. The van der Waals surface area contributed by atoms with E-state index in [1.165, 1.54) is 43.7 Å². The van der Waals surface area contributed by atoms with Gasteiger partial charge in [0, 0.05) is 23.7 Å². The average molecular weight is 219 g/mol. The summed E-state index contributed by atoms with van der Waals surface area (Å²) in [7, 11) is 0. The lowest BCUT2D eigenvalue weighted by atomic mass is 9.92. The lowest BCUT2D eigenvalue weighted by Crippen LogP contribution is -2.34. The maximum Gasteiger partial charge on any atom is 0.0432 e. The van der Waals surface area contributed by atoms with Crippen molar-refractivity contribution >= 4 is 17.4 Å². The van der Waals surface area contributed by atoms with Crippen molar-refractivity contribution in [3.8, 4) is 0 Å². The van der Waals surface area contributed by atoms with Crippen molar-refractivity contribution < 1.29 is 0 Å². The molecule has 0 atom stereocenters. The van der Waals surface area contributed by atoms with Gasteiger partial charge in [0.1, 0.15) is 0 Å². The van der Waals surface area contributed by atoms with Crippen LogP contribution in [-0.2, 0) is 12.8 Å². The Labute approximate surface area is 95.9 Å². The number of aryl methyl sites for hydroxylation is 2. The second kappa shape index (κ2) is 3.75. The predicted molar refractivity (Wildman–Crippen MR) is 67.1 cm³/mol. The SMILES string of the molecule is CSc1cc2c3c(c1)CCCN3CCC2. The molecule has 80 valence electrons. The number of hydrogen-bond acceptors (Lipinski definition) is 2. The van der Waals surface area contributed by atoms with Crippen molar-refractivity contribution in [2.45, 2.75) is 30.6 Å². The molecule has 0 N–H and O–H groups in total. The van der Waals surface area contributed by atoms with Crippen LogP contribution in [0.15, 0.2) is 17.0 Å². The molecule has 3 rings (SSSR count). The first-order valence-corrected chi connectivity index (χ1v) is 7.05. The normalized spacial score (nSPS) is 18.9. The Bertz CT molecular complexity index is 355. The lowest BCUT2D eigenvalue weighted by Gasteiger charge is -2.37. The summed E-state index contributed by atoms with van der Waals surface area (Å²) in [5.74, 6) is 0. The van der Waals surface area contributed by atoms with Crippen LogP contribution >= 0.6 is 11.8 Å². The second-order valence-electron chi connectivity index (χ2n) is 4.49. The molecular weight excluding hydrogens is 202 g/mol. The van der Waals surface area contributed by atoms with Crippen LogP contribution < -0.4 is 4.90 Å². The molecule has 2 aliphatic rings. The molecular formula is C13H17NS. The van der Waals surface area contributed by atoms with Crippen molar-refractivity contribution in [2.24, 2.45) is 0 Å². The predicted octanol–water partition coefficient (Wildman–Crippen LogP) is 3.11. The molecule has 0 unspecified atom stereocenters. The van der Waals surface area contributed by atoms with Crippen molar-refractivity contribution in [1.29, 1.82) is 0 Å². The molecule has 1 aromatic rings. The smallest absolute Gasteiger partial charge is 0.0432 e. The van der Waals surface area contributed by atoms with E-state index < -0.39 is 0 Å². The van der Waals surface area contributed by atoms with Crippen LogP contribution in [0.25, 0.3) is 0 Å². The van der Waals surface area contributed by atoms with Gasteiger partial charge in [-0.1, -0.05) is 0 Å². The maximum atomic E-state index is 2.60. The Hall–Kier alpha value is -0.630. The third-order valence-corrected chi connectivity index (χ3v) is 4.25. The van der Waals surface area contributed by atoms with Gasteiger partial charge in [-0.3, -0.25) is 0 Å². The van der Waals surface area contributed by atoms with Crippen molar-refractivity contribution in [3.05, 3.63) is 23.3 Å². The number of rotatable bonds is 1. The van der Waals surface area contributed by atoms with Crippen molar-refractivity contribution in [1.82, 2.24) is 0 Å². The molecule has 2 heteroatoms. The molecule has 0 amide bonds. The Morgan fingerprint density at radius 2 is 1.67 bits per heavy atom. The minimum Gasteiger partial charge on any atom is -0.371 e. The zero-order valence-electron chi connectivity index (χ0n) is 9.25. The van der Waals surface area contributed by atoms with Gasteiger partial charge in [0.25, 0.3) is 0 Å². The summed E-state index contributed by atoms with van der Waals surface area (Å²) in [5, 5.41) is 0. The molecule has 0 fully saturated rings. The molecule has 0 spiro atoms. The van der Waals surface area contributed by atoms with Crippen LogP contribution in [0.3, 0.4) is 0 Å². The number of thioether (sulfide) groups is 1. The van der Waals surface area contributed by atoms with E-state index in [2.05, 4.69) is 23.3 Å². The Balaban J connectivity index is 2.15. The van der Waals surface area contributed by atoms with Crippen molar-refractivity contribution in [3.63, 3.8) is 0 Å². The van der Waals surface area contributed by atoms with Crippen LogP contribution in [0.5, 0.6) is 0 Å². The van der Waals surface area contributed by atoms with E-state index in [9.17, 15) is 0 Å². The van der Waals surface area contributed by atoms with E-state index in [1.54, 1.807) is 16.8 Å². The van der Waals surface area contributed by atoms with E-state index in [1.807, 2.05) is 11.8 Å². The van der Waals surface area contributed by atoms with Crippen LogP contribution in [0.2, 0.25) is 0 Å². The highest BCUT2D eigenvalue weighted by molar-refractivity contribution is 7.98. The number of benzene rings is 1. The largest absolute Gasteiger partial charge is 0.371 e. The van der Waals surface area contributed by atoms with Gasteiger partial charge in [-0.15, -0.1) is 11.8 Å². The summed E-state index contributed by atoms with van der Waals surface area (Å²) in [6, 6.07) is 4.81. The summed E-state index contributed by atoms with van der Waals surface area (Å²) in [6.45, 7) is 2.55. The standard InChI is InChI=1S/C13H17NS/c1-15-12-8-10-4-2-6-14-7-3-5-11(9-12)13(10)14/h8-9H,2-7H2,1H3. The average Bonchev–Trinajstić information content (AvgIpc) is 2.29. The van der Waals surface area contributed by atoms with Gasteiger partial charge in [-0.05, 0) is 55.2 Å². The molecule has 1 aromatic carbocycles. The summed E-state index contributed by atoms with van der Waals surface area (Å²) in [6.07, 6.45) is 7.42. The molecule has 2 aliphatic heterocycles. The molecule has 1 nitrogen and oxygen atoms in total. The fourth-order valence-corrected chi connectivity index (χ4v) is 3.41. The molecule has 0 aromatic heterocycles. The minimum absolute atomic E-state index is 1.28. The Morgan fingerprint density at radius 3 is 2.20 bits per heavy atom. The Kier molecular flexibility index (Phi) is 2.39. The summed E-state index contributed by atoms with van der Waals surface area (Å²) in [5.41, 5.74) is 4.79. The molecule has 2 heterocycles. The number of hydrogen-bond donors (Lipinski definition) is 0. The molecule has 0 aliphatic carbocycles. The zero-order valence-corrected chi connectivity index (χ0v) is 10.1. The zero-order chi connectivity index (χ0) is 10.3. The second-order valence-corrected chi connectivity index (χ2v) is 5.37. The fraction of sp³-hybridized carbons (Fsp3) is 0.538. The van der Waals surface area contributed by atoms with Gasteiger partial charge >= 0.3 is 0 Å². The minimum atomic E-state index is 1.28. The summed E-state index contributed by atoms with van der Waals surface area (Å²) in [4.78, 5) is 4.05. The highest BCUT2D eigenvalue weighted by atomic mass is 32.2. The maximum absolute atomic E-state index is 2.60. The molecule has 0 saturated carbocycles. The van der Waals surface area contributed by atoms with E-state index in [0.29, 0.717) is 0 Å². The first-order valence-electron chi connectivity index (χ1n) is 5.83. The highest BCUT2D eigenvalue weighted by Gasteiger charge is 2.23. The van der Waals surface area contributed by atoms with Gasteiger partial charge in [-0.25, -0.2) is 0 Å². The number of anilines is 1. The van der Waals surface area contributed by atoms with E-state index in [-0.39, 0.29) is 0 Å². The molecule has 15 heavy (non-hydrogen) atoms. The monoisotopic (exact) mass is 219 g/mol. The van der Waals surface area contributed by atoms with E-state index in [0.717, 1.165) is 0 Å². The van der Waals surface area contributed by atoms with Gasteiger partial charge < -0.3 is 4.90 Å². The topological polar surface area (TPSA) is 3.24 Å². The van der Waals surface area contributed by atoms with Gasteiger partial charge in [0.05, 0.1) is 0 Å². The van der Waals surface area contributed by atoms with E-state index in [4.69, 9.17) is 0 Å². The first kappa shape index (κ1) is 9.59. The quantitative estimate of drug-likeness (QED) is 0.668. The molecule has 0 saturated heterocycles. The third kappa shape index (κ3) is 1.55. The first-order chi connectivity index (χ1) is 7.38. The summed E-state index contributed by atoms with van der Waals surface area (Å²) < 4.78 is 0. The molecule has 0 radical (unpaired) electrons. The number of nitrogens with zero attached hydrogens (tertiary/aromatic N) is 1. The van der Waals surface area contributed by atoms with Crippen LogP contribution in [0, 0.1) is 0 Å². The molecule has 0 bridgehead atoms.